The molecule has 262 valence electrons. The summed E-state index contributed by atoms with van der Waals surface area (Å²) in [7, 11) is 0. The molecule has 2 aromatic carbocycles. The van der Waals surface area contributed by atoms with Crippen molar-refractivity contribution in [3.05, 3.63) is 71.4 Å². The van der Waals surface area contributed by atoms with Gasteiger partial charge in [-0.3, -0.25) is 19.4 Å². The number of carbonyl (C=O) groups excluding carboxylic acids is 3. The number of rotatable bonds is 18. The van der Waals surface area contributed by atoms with Crippen molar-refractivity contribution in [2.75, 3.05) is 26.2 Å². The van der Waals surface area contributed by atoms with Crippen LogP contribution in [0.3, 0.4) is 0 Å². The number of para-hydroxylation sites is 1. The van der Waals surface area contributed by atoms with Crippen LogP contribution in [-0.2, 0) is 40.4 Å². The van der Waals surface area contributed by atoms with E-state index in [1.165, 1.54) is 0 Å². The number of primary amides is 1. The minimum absolute atomic E-state index is 0.0157. The SMILES string of the molecule is CC(=O)O.CCN(CC)CCCn1cc(CC(=O)N[C@H](CCCN=C(N)N)C(=O)NCc2ccc(CNC(N)=O)cc2)c2ccccc21. The second kappa shape index (κ2) is 20.9. The fraction of sp³-hybridized carbons (Fsp3) is 0.441. The number of carboxylic acids is 1. The van der Waals surface area contributed by atoms with E-state index < -0.39 is 18.0 Å². The molecule has 1 aromatic heterocycles. The normalized spacial score (nSPS) is 11.2. The molecular weight excluding hydrogens is 614 g/mol. The van der Waals surface area contributed by atoms with E-state index in [-0.39, 0.29) is 30.7 Å². The van der Waals surface area contributed by atoms with E-state index in [1.54, 1.807) is 0 Å². The Balaban J connectivity index is 0.00000189. The molecule has 0 unspecified atom stereocenters. The smallest absolute Gasteiger partial charge is 0.312 e. The molecule has 4 amide bonds. The molecule has 14 heteroatoms. The van der Waals surface area contributed by atoms with E-state index in [0.29, 0.717) is 25.9 Å². The van der Waals surface area contributed by atoms with Gasteiger partial charge in [-0.15, -0.1) is 0 Å². The van der Waals surface area contributed by atoms with Crippen molar-refractivity contribution < 1.29 is 24.3 Å². The van der Waals surface area contributed by atoms with Gasteiger partial charge in [-0.25, -0.2) is 4.79 Å². The van der Waals surface area contributed by atoms with Crippen molar-refractivity contribution in [2.45, 2.75) is 72.1 Å². The number of aliphatic imine (C=N–C) groups is 1. The third-order valence-electron chi connectivity index (χ3n) is 7.54. The Morgan fingerprint density at radius 1 is 0.917 bits per heavy atom. The van der Waals surface area contributed by atoms with Crippen molar-refractivity contribution in [3.8, 4) is 0 Å². The highest BCUT2D eigenvalue weighted by Gasteiger charge is 2.21. The molecule has 3 rings (SSSR count). The van der Waals surface area contributed by atoms with Gasteiger partial charge in [-0.05, 0) is 61.7 Å². The van der Waals surface area contributed by atoms with Gasteiger partial charge in [-0.1, -0.05) is 56.3 Å². The molecule has 0 fully saturated rings. The number of hydrogen-bond acceptors (Lipinski definition) is 6. The number of nitrogens with two attached hydrogens (primary N) is 3. The number of carboxylic acid groups (broad SMARTS) is 1. The summed E-state index contributed by atoms with van der Waals surface area (Å²) in [5.41, 5.74) is 19.8. The molecule has 0 saturated carbocycles. The number of benzene rings is 2. The first-order valence-corrected chi connectivity index (χ1v) is 16.2. The summed E-state index contributed by atoms with van der Waals surface area (Å²) in [6, 6.07) is 14.2. The first-order valence-electron chi connectivity index (χ1n) is 16.2. The van der Waals surface area contributed by atoms with E-state index in [4.69, 9.17) is 27.1 Å². The van der Waals surface area contributed by atoms with Gasteiger partial charge in [0.1, 0.15) is 6.04 Å². The second-order valence-electron chi connectivity index (χ2n) is 11.3. The fourth-order valence-electron chi connectivity index (χ4n) is 5.12. The Hall–Kier alpha value is -5.11. The lowest BCUT2D eigenvalue weighted by Crippen LogP contribution is -2.47. The lowest BCUT2D eigenvalue weighted by Gasteiger charge is -2.18. The first-order chi connectivity index (χ1) is 22.9. The Labute approximate surface area is 282 Å². The number of aliphatic carboxylic acids is 1. The van der Waals surface area contributed by atoms with Crippen LogP contribution in [0.5, 0.6) is 0 Å². The van der Waals surface area contributed by atoms with E-state index in [2.05, 4.69) is 56.5 Å². The molecule has 0 aliphatic heterocycles. The number of carbonyl (C=O) groups is 4. The Bertz CT molecular complexity index is 1490. The molecule has 10 N–H and O–H groups in total. The van der Waals surface area contributed by atoms with Crippen LogP contribution in [0.4, 0.5) is 4.79 Å². The van der Waals surface area contributed by atoms with Crippen LogP contribution in [0, 0.1) is 0 Å². The molecule has 0 aliphatic carbocycles. The van der Waals surface area contributed by atoms with Crippen LogP contribution in [0.2, 0.25) is 0 Å². The van der Waals surface area contributed by atoms with Crippen molar-refractivity contribution in [1.29, 1.82) is 0 Å². The predicted octanol–water partition coefficient (Wildman–Crippen LogP) is 2.03. The number of amides is 4. The summed E-state index contributed by atoms with van der Waals surface area (Å²) >= 11 is 0. The van der Waals surface area contributed by atoms with Crippen LogP contribution >= 0.6 is 0 Å². The van der Waals surface area contributed by atoms with Gasteiger partial charge in [0, 0.05) is 50.2 Å². The molecular formula is C34H51N9O5. The molecule has 0 radical (unpaired) electrons. The highest BCUT2D eigenvalue weighted by molar-refractivity contribution is 5.92. The Morgan fingerprint density at radius 2 is 1.52 bits per heavy atom. The average molecular weight is 666 g/mol. The van der Waals surface area contributed by atoms with Crippen LogP contribution in [0.15, 0.2) is 59.7 Å². The molecule has 0 aliphatic rings. The summed E-state index contributed by atoms with van der Waals surface area (Å²) in [5.74, 6) is -1.37. The number of nitrogens with one attached hydrogen (secondary N) is 3. The topological polar surface area (TPSA) is 223 Å². The monoisotopic (exact) mass is 665 g/mol. The van der Waals surface area contributed by atoms with Gasteiger partial charge in [0.15, 0.2) is 5.96 Å². The zero-order valence-electron chi connectivity index (χ0n) is 28.2. The Morgan fingerprint density at radius 3 is 2.10 bits per heavy atom. The molecule has 0 spiro atoms. The van der Waals surface area contributed by atoms with E-state index in [1.807, 2.05) is 42.5 Å². The Kier molecular flexibility index (Phi) is 17.0. The van der Waals surface area contributed by atoms with Gasteiger partial charge in [0.05, 0.1) is 6.42 Å². The van der Waals surface area contributed by atoms with Crippen LogP contribution in [-0.4, -0.2) is 76.6 Å². The number of nitrogens with zero attached hydrogens (tertiary/aromatic N) is 3. The molecule has 0 bridgehead atoms. The fourth-order valence-corrected chi connectivity index (χ4v) is 5.12. The molecule has 0 saturated heterocycles. The van der Waals surface area contributed by atoms with Crippen molar-refractivity contribution in [2.24, 2.45) is 22.2 Å². The van der Waals surface area contributed by atoms with Crippen molar-refractivity contribution in [1.82, 2.24) is 25.4 Å². The third-order valence-corrected chi connectivity index (χ3v) is 7.54. The first kappa shape index (κ1) is 39.1. The lowest BCUT2D eigenvalue weighted by atomic mass is 10.1. The maximum Gasteiger partial charge on any atom is 0.312 e. The van der Waals surface area contributed by atoms with Gasteiger partial charge in [0.25, 0.3) is 5.97 Å². The standard InChI is InChI=1S/C32H47N9O3.C2H4O2/c1-3-40(4-2)17-8-18-41-22-25(26-9-5-6-11-28(26)41)19-29(42)39-27(10-7-16-36-31(33)34)30(43)37-20-23-12-14-24(15-13-23)21-38-32(35)44;1-2(3)4/h5-6,9,11-15,22,27H,3-4,7-8,10,16-21H2,1-2H3,(H,37,43)(H,39,42)(H4,33,34,36)(H3,35,38,44);1H3,(H,3,4)/t27-;/m1./s1. The predicted molar refractivity (Wildman–Crippen MR) is 188 cm³/mol. The average Bonchev–Trinajstić information content (AvgIpc) is 3.39. The minimum Gasteiger partial charge on any atom is -0.481 e. The summed E-state index contributed by atoms with van der Waals surface area (Å²) in [4.78, 5) is 52.9. The largest absolute Gasteiger partial charge is 0.481 e. The maximum absolute atomic E-state index is 13.3. The molecule has 1 atom stereocenters. The summed E-state index contributed by atoms with van der Waals surface area (Å²) in [6.07, 6.45) is 4.12. The van der Waals surface area contributed by atoms with Crippen LogP contribution in [0.1, 0.15) is 56.7 Å². The number of guanidine groups is 1. The van der Waals surface area contributed by atoms with E-state index in [9.17, 15) is 14.4 Å². The highest BCUT2D eigenvalue weighted by atomic mass is 16.4. The zero-order chi connectivity index (χ0) is 35.5. The molecule has 48 heavy (non-hydrogen) atoms. The number of aryl methyl sites for hydroxylation is 1. The maximum atomic E-state index is 13.3. The van der Waals surface area contributed by atoms with Crippen molar-refractivity contribution in [3.63, 3.8) is 0 Å². The minimum atomic E-state index is -0.833. The van der Waals surface area contributed by atoms with Crippen molar-refractivity contribution >= 4 is 40.7 Å². The van der Waals surface area contributed by atoms with Crippen LogP contribution in [0.25, 0.3) is 10.9 Å². The summed E-state index contributed by atoms with van der Waals surface area (Å²) in [5, 5.41) is 16.9. The summed E-state index contributed by atoms with van der Waals surface area (Å²) in [6.45, 7) is 10.3. The van der Waals surface area contributed by atoms with Crippen LogP contribution < -0.4 is 33.2 Å². The van der Waals surface area contributed by atoms with Gasteiger partial charge >= 0.3 is 6.03 Å². The highest BCUT2D eigenvalue weighted by Crippen LogP contribution is 2.22. The zero-order valence-corrected chi connectivity index (χ0v) is 28.2. The summed E-state index contributed by atoms with van der Waals surface area (Å²) < 4.78 is 2.22. The number of fused-ring (bicyclic) bond motifs is 1. The number of aromatic nitrogens is 1. The molecule has 14 nitrogen and oxygen atoms in total. The lowest BCUT2D eigenvalue weighted by molar-refractivity contribution is -0.134. The quantitative estimate of drug-likeness (QED) is 0.0603. The van der Waals surface area contributed by atoms with E-state index >= 15 is 0 Å². The number of hydrogen-bond donors (Lipinski definition) is 7. The van der Waals surface area contributed by atoms with Gasteiger partial charge < -0.3 is 47.7 Å². The number of urea groups is 1. The third kappa shape index (κ3) is 14.5. The molecule has 1 heterocycles. The van der Waals surface area contributed by atoms with E-state index in [0.717, 1.165) is 67.1 Å². The van der Waals surface area contributed by atoms with Gasteiger partial charge in [0.2, 0.25) is 11.8 Å². The molecule has 3 aromatic rings. The second-order valence-corrected chi connectivity index (χ2v) is 11.3. The van der Waals surface area contributed by atoms with Gasteiger partial charge in [-0.2, -0.15) is 0 Å².